The minimum absolute atomic E-state index is 0.0616. The zero-order valence-electron chi connectivity index (χ0n) is 14.5. The number of hydrogen-bond acceptors (Lipinski definition) is 3. The lowest BCUT2D eigenvalue weighted by molar-refractivity contribution is -0.136. The van der Waals surface area contributed by atoms with E-state index in [0.717, 1.165) is 16.3 Å². The molecule has 0 saturated carbocycles. The van der Waals surface area contributed by atoms with Crippen molar-refractivity contribution < 1.29 is 19.1 Å². The Hall–Kier alpha value is -3.25. The third-order valence-electron chi connectivity index (χ3n) is 4.21. The van der Waals surface area contributed by atoms with E-state index < -0.39 is 23.7 Å². The van der Waals surface area contributed by atoms with Crippen LogP contribution in [0.15, 0.2) is 66.7 Å². The number of aliphatic hydroxyl groups excluding tert-OH is 1. The van der Waals surface area contributed by atoms with E-state index in [4.69, 9.17) is 0 Å². The Kier molecular flexibility index (Phi) is 5.78. The van der Waals surface area contributed by atoms with E-state index in [1.807, 2.05) is 42.5 Å². The molecule has 0 aromatic heterocycles. The molecule has 0 aliphatic rings. The molecule has 1 unspecified atom stereocenters. The Morgan fingerprint density at radius 1 is 0.926 bits per heavy atom. The first-order chi connectivity index (χ1) is 13.1. The molecule has 0 heterocycles. The van der Waals surface area contributed by atoms with E-state index in [0.29, 0.717) is 0 Å². The standard InChI is InChI=1S/C21H19FN2O3/c22-17-10-3-4-11-18(17)24-21(27)20(26)23-13-12-19(25)16-9-5-7-14-6-1-2-8-15(14)16/h1-11,19,25H,12-13H2,(H,23,26)(H,24,27). The van der Waals surface area contributed by atoms with Gasteiger partial charge >= 0.3 is 11.8 Å². The van der Waals surface area contributed by atoms with Crippen LogP contribution in [0, 0.1) is 5.82 Å². The molecule has 3 rings (SSSR count). The highest BCUT2D eigenvalue weighted by molar-refractivity contribution is 6.39. The zero-order chi connectivity index (χ0) is 19.2. The van der Waals surface area contributed by atoms with Crippen LogP contribution >= 0.6 is 0 Å². The van der Waals surface area contributed by atoms with Gasteiger partial charge in [-0.1, -0.05) is 54.6 Å². The number of aliphatic hydroxyl groups is 1. The van der Waals surface area contributed by atoms with Crippen LogP contribution in [0.1, 0.15) is 18.1 Å². The van der Waals surface area contributed by atoms with E-state index in [1.54, 1.807) is 6.07 Å². The molecule has 0 fully saturated rings. The molecule has 0 radical (unpaired) electrons. The molecular weight excluding hydrogens is 347 g/mol. The fourth-order valence-electron chi connectivity index (χ4n) is 2.84. The van der Waals surface area contributed by atoms with Crippen LogP contribution in [-0.4, -0.2) is 23.5 Å². The average molecular weight is 366 g/mol. The first-order valence-corrected chi connectivity index (χ1v) is 8.55. The van der Waals surface area contributed by atoms with Crippen molar-refractivity contribution in [3.05, 3.63) is 78.1 Å². The Balaban J connectivity index is 1.55. The predicted octanol–water partition coefficient (Wildman–Crippen LogP) is 3.16. The average Bonchev–Trinajstić information content (AvgIpc) is 2.69. The molecule has 3 N–H and O–H groups in total. The highest BCUT2D eigenvalue weighted by Gasteiger charge is 2.16. The minimum Gasteiger partial charge on any atom is -0.388 e. The first kappa shape index (κ1) is 18.5. The lowest BCUT2D eigenvalue weighted by Crippen LogP contribution is -2.36. The van der Waals surface area contributed by atoms with Crippen LogP contribution in [-0.2, 0) is 9.59 Å². The first-order valence-electron chi connectivity index (χ1n) is 8.55. The molecule has 0 spiro atoms. The molecule has 3 aromatic carbocycles. The van der Waals surface area contributed by atoms with Gasteiger partial charge in [0, 0.05) is 6.54 Å². The predicted molar refractivity (Wildman–Crippen MR) is 102 cm³/mol. The summed E-state index contributed by atoms with van der Waals surface area (Å²) in [5, 5.41) is 17.1. The number of fused-ring (bicyclic) bond motifs is 1. The van der Waals surface area contributed by atoms with E-state index in [1.165, 1.54) is 18.2 Å². The number of benzene rings is 3. The molecule has 2 amide bonds. The molecule has 0 saturated heterocycles. The maximum Gasteiger partial charge on any atom is 0.313 e. The molecule has 0 aliphatic carbocycles. The number of nitrogens with one attached hydrogen (secondary N) is 2. The molecular formula is C21H19FN2O3. The van der Waals surface area contributed by atoms with Crippen LogP contribution in [0.25, 0.3) is 10.8 Å². The van der Waals surface area contributed by atoms with Crippen molar-refractivity contribution in [2.45, 2.75) is 12.5 Å². The quantitative estimate of drug-likeness (QED) is 0.607. The second-order valence-corrected chi connectivity index (χ2v) is 6.06. The Bertz CT molecular complexity index is 969. The van der Waals surface area contributed by atoms with Crippen molar-refractivity contribution in [2.75, 3.05) is 11.9 Å². The Morgan fingerprint density at radius 2 is 1.63 bits per heavy atom. The number of hydrogen-bond donors (Lipinski definition) is 3. The van der Waals surface area contributed by atoms with Crippen molar-refractivity contribution in [1.82, 2.24) is 5.32 Å². The molecule has 0 aliphatic heterocycles. The molecule has 0 bridgehead atoms. The second kappa shape index (κ2) is 8.42. The Morgan fingerprint density at radius 3 is 2.44 bits per heavy atom. The third kappa shape index (κ3) is 4.48. The van der Waals surface area contributed by atoms with Crippen LogP contribution in [0.2, 0.25) is 0 Å². The van der Waals surface area contributed by atoms with E-state index in [2.05, 4.69) is 10.6 Å². The highest BCUT2D eigenvalue weighted by Crippen LogP contribution is 2.25. The van der Waals surface area contributed by atoms with Crippen molar-refractivity contribution in [3.8, 4) is 0 Å². The number of rotatable bonds is 5. The number of carbonyl (C=O) groups is 2. The summed E-state index contributed by atoms with van der Waals surface area (Å²) in [6.45, 7) is 0.105. The maximum atomic E-state index is 13.5. The smallest absolute Gasteiger partial charge is 0.313 e. The normalized spacial score (nSPS) is 11.8. The summed E-state index contributed by atoms with van der Waals surface area (Å²) < 4.78 is 13.5. The van der Waals surface area contributed by atoms with Crippen molar-refractivity contribution in [3.63, 3.8) is 0 Å². The summed E-state index contributed by atoms with van der Waals surface area (Å²) >= 11 is 0. The molecule has 27 heavy (non-hydrogen) atoms. The Labute approximate surface area is 155 Å². The van der Waals surface area contributed by atoms with Gasteiger partial charge in [0.15, 0.2) is 0 Å². The lowest BCUT2D eigenvalue weighted by atomic mass is 9.99. The summed E-state index contributed by atoms with van der Waals surface area (Å²) in [4.78, 5) is 23.7. The summed E-state index contributed by atoms with van der Waals surface area (Å²) in [6, 6.07) is 19.0. The van der Waals surface area contributed by atoms with Crippen LogP contribution in [0.5, 0.6) is 0 Å². The number of amides is 2. The van der Waals surface area contributed by atoms with Gasteiger partial charge in [-0.25, -0.2) is 4.39 Å². The summed E-state index contributed by atoms with van der Waals surface area (Å²) in [7, 11) is 0. The SMILES string of the molecule is O=C(NCCC(O)c1cccc2ccccc12)C(=O)Nc1ccccc1F. The van der Waals surface area contributed by atoms with Gasteiger partial charge in [0.05, 0.1) is 11.8 Å². The second-order valence-electron chi connectivity index (χ2n) is 6.06. The van der Waals surface area contributed by atoms with Gasteiger partial charge in [0.25, 0.3) is 0 Å². The van der Waals surface area contributed by atoms with Gasteiger partial charge in [-0.3, -0.25) is 9.59 Å². The van der Waals surface area contributed by atoms with Gasteiger partial charge in [-0.2, -0.15) is 0 Å². The lowest BCUT2D eigenvalue weighted by Gasteiger charge is -2.14. The number of carbonyl (C=O) groups excluding carboxylic acids is 2. The number of halogens is 1. The van der Waals surface area contributed by atoms with Crippen molar-refractivity contribution >= 4 is 28.3 Å². The molecule has 1 atom stereocenters. The highest BCUT2D eigenvalue weighted by atomic mass is 19.1. The van der Waals surface area contributed by atoms with Gasteiger partial charge in [-0.15, -0.1) is 0 Å². The molecule has 6 heteroatoms. The fraction of sp³-hybridized carbons (Fsp3) is 0.143. The van der Waals surface area contributed by atoms with E-state index in [-0.39, 0.29) is 18.7 Å². The number of anilines is 1. The molecule has 138 valence electrons. The third-order valence-corrected chi connectivity index (χ3v) is 4.21. The van der Waals surface area contributed by atoms with Gasteiger partial charge in [0.2, 0.25) is 0 Å². The van der Waals surface area contributed by atoms with Crippen LogP contribution in [0.3, 0.4) is 0 Å². The van der Waals surface area contributed by atoms with E-state index >= 15 is 0 Å². The van der Waals surface area contributed by atoms with Crippen LogP contribution < -0.4 is 10.6 Å². The molecule has 3 aromatic rings. The monoisotopic (exact) mass is 366 g/mol. The number of para-hydroxylation sites is 1. The summed E-state index contributed by atoms with van der Waals surface area (Å²) in [6.07, 6.45) is -0.543. The fourth-order valence-corrected chi connectivity index (χ4v) is 2.84. The van der Waals surface area contributed by atoms with Crippen LogP contribution in [0.4, 0.5) is 10.1 Å². The zero-order valence-corrected chi connectivity index (χ0v) is 14.5. The van der Waals surface area contributed by atoms with E-state index in [9.17, 15) is 19.1 Å². The minimum atomic E-state index is -0.959. The maximum absolute atomic E-state index is 13.5. The topological polar surface area (TPSA) is 78.4 Å². The summed E-state index contributed by atoms with van der Waals surface area (Å²) in [5.41, 5.74) is 0.701. The van der Waals surface area contributed by atoms with Crippen molar-refractivity contribution in [2.24, 2.45) is 0 Å². The van der Waals surface area contributed by atoms with Gasteiger partial charge in [0.1, 0.15) is 5.82 Å². The largest absolute Gasteiger partial charge is 0.388 e. The molecule has 5 nitrogen and oxygen atoms in total. The van der Waals surface area contributed by atoms with Crippen molar-refractivity contribution in [1.29, 1.82) is 0 Å². The van der Waals surface area contributed by atoms with Gasteiger partial charge in [-0.05, 0) is 34.9 Å². The summed E-state index contributed by atoms with van der Waals surface area (Å²) in [5.74, 6) is -2.46. The van der Waals surface area contributed by atoms with Gasteiger partial charge < -0.3 is 15.7 Å².